The lowest BCUT2D eigenvalue weighted by atomic mass is 10.4. The molecule has 2 aromatic rings. The van der Waals surface area contributed by atoms with Gasteiger partial charge in [-0.05, 0) is 24.8 Å². The highest BCUT2D eigenvalue weighted by atomic mass is 32.2. The molecular weight excluding hydrogens is 328 g/mol. The monoisotopic (exact) mass is 344 g/mol. The summed E-state index contributed by atoms with van der Waals surface area (Å²) in [6, 6.07) is 3.43. The van der Waals surface area contributed by atoms with Gasteiger partial charge in [-0.1, -0.05) is 6.07 Å². The van der Waals surface area contributed by atoms with Gasteiger partial charge >= 0.3 is 0 Å². The van der Waals surface area contributed by atoms with Crippen molar-refractivity contribution in [2.75, 3.05) is 31.1 Å². The Bertz CT molecular complexity index is 696. The zero-order chi connectivity index (χ0) is 14.9. The third kappa shape index (κ3) is 3.10. The third-order valence-corrected chi connectivity index (χ3v) is 7.47. The summed E-state index contributed by atoms with van der Waals surface area (Å²) >= 11 is 2.64. The average molecular weight is 344 g/mol. The van der Waals surface area contributed by atoms with Gasteiger partial charge in [0.15, 0.2) is 0 Å². The summed E-state index contributed by atoms with van der Waals surface area (Å²) in [7, 11) is -3.35. The van der Waals surface area contributed by atoms with E-state index in [9.17, 15) is 8.42 Å². The van der Waals surface area contributed by atoms with E-state index in [2.05, 4.69) is 14.3 Å². The molecule has 0 bridgehead atoms. The fourth-order valence-corrected chi connectivity index (χ4v) is 5.62. The van der Waals surface area contributed by atoms with Gasteiger partial charge in [0.25, 0.3) is 10.0 Å². The maximum absolute atomic E-state index is 12.5. The summed E-state index contributed by atoms with van der Waals surface area (Å²) in [4.78, 5) is 6.50. The fourth-order valence-electron chi connectivity index (χ4n) is 2.28. The molecule has 1 saturated heterocycles. The number of nitrogens with zero attached hydrogens (tertiary/aromatic N) is 4. The Morgan fingerprint density at radius 1 is 1.24 bits per heavy atom. The second-order valence-corrected chi connectivity index (χ2v) is 8.64. The predicted octanol–water partition coefficient (Wildman–Crippen LogP) is 1.81. The second kappa shape index (κ2) is 5.99. The topological polar surface area (TPSA) is 66.4 Å². The number of aryl methyl sites for hydroxylation is 1. The molecule has 3 rings (SSSR count). The lowest BCUT2D eigenvalue weighted by molar-refractivity contribution is 0.434. The number of hydrogen-bond acceptors (Lipinski definition) is 7. The lowest BCUT2D eigenvalue weighted by Crippen LogP contribution is -2.34. The van der Waals surface area contributed by atoms with Crippen molar-refractivity contribution in [2.24, 2.45) is 0 Å². The summed E-state index contributed by atoms with van der Waals surface area (Å²) in [5.74, 6) is 0.766. The van der Waals surface area contributed by atoms with Gasteiger partial charge in [-0.2, -0.15) is 8.68 Å². The van der Waals surface area contributed by atoms with Crippen LogP contribution in [0.25, 0.3) is 0 Å². The van der Waals surface area contributed by atoms with E-state index in [0.29, 0.717) is 23.8 Å². The first kappa shape index (κ1) is 14.9. The van der Waals surface area contributed by atoms with Crippen molar-refractivity contribution in [3.63, 3.8) is 0 Å². The molecule has 1 aliphatic rings. The predicted molar refractivity (Wildman–Crippen MR) is 84.6 cm³/mol. The molecule has 6 nitrogen and oxygen atoms in total. The fraction of sp³-hybridized carbons (Fsp3) is 0.500. The summed E-state index contributed by atoms with van der Waals surface area (Å²) in [5.41, 5.74) is 0. The van der Waals surface area contributed by atoms with Crippen molar-refractivity contribution >= 4 is 38.0 Å². The second-order valence-electron chi connectivity index (χ2n) is 4.80. The van der Waals surface area contributed by atoms with Crippen LogP contribution in [-0.4, -0.2) is 48.3 Å². The van der Waals surface area contributed by atoms with Crippen LogP contribution in [0.5, 0.6) is 0 Å². The SMILES string of the molecule is Cc1nsc(N2CCCN(S(=O)(=O)c3cccs3)CC2)n1. The molecule has 9 heteroatoms. The zero-order valence-corrected chi connectivity index (χ0v) is 14.0. The van der Waals surface area contributed by atoms with Gasteiger partial charge in [-0.15, -0.1) is 11.3 Å². The Balaban J connectivity index is 1.74. The van der Waals surface area contributed by atoms with Gasteiger partial charge < -0.3 is 4.90 Å². The number of aromatic nitrogens is 2. The summed E-state index contributed by atoms with van der Waals surface area (Å²) in [6.07, 6.45) is 0.795. The first-order chi connectivity index (χ1) is 10.1. The van der Waals surface area contributed by atoms with Crippen LogP contribution in [0.15, 0.2) is 21.7 Å². The van der Waals surface area contributed by atoms with E-state index >= 15 is 0 Å². The van der Waals surface area contributed by atoms with Crippen LogP contribution < -0.4 is 4.90 Å². The molecule has 1 fully saturated rings. The molecule has 0 spiro atoms. The van der Waals surface area contributed by atoms with E-state index in [1.807, 2.05) is 6.92 Å². The van der Waals surface area contributed by atoms with Gasteiger partial charge in [0.05, 0.1) is 0 Å². The largest absolute Gasteiger partial charge is 0.345 e. The highest BCUT2D eigenvalue weighted by Gasteiger charge is 2.28. The molecule has 0 unspecified atom stereocenters. The van der Waals surface area contributed by atoms with Gasteiger partial charge in [0.2, 0.25) is 5.13 Å². The van der Waals surface area contributed by atoms with Crippen molar-refractivity contribution in [1.82, 2.24) is 13.7 Å². The van der Waals surface area contributed by atoms with E-state index in [1.165, 1.54) is 22.9 Å². The Kier molecular flexibility index (Phi) is 4.25. The van der Waals surface area contributed by atoms with E-state index in [4.69, 9.17) is 0 Å². The van der Waals surface area contributed by atoms with Crippen LogP contribution in [0.1, 0.15) is 12.2 Å². The first-order valence-electron chi connectivity index (χ1n) is 6.66. The number of anilines is 1. The summed E-state index contributed by atoms with van der Waals surface area (Å²) in [5, 5.41) is 2.67. The molecule has 2 aromatic heterocycles. The smallest absolute Gasteiger partial charge is 0.252 e. The summed E-state index contributed by atoms with van der Waals surface area (Å²) in [6.45, 7) is 4.36. The molecule has 0 amide bonds. The van der Waals surface area contributed by atoms with E-state index < -0.39 is 10.0 Å². The van der Waals surface area contributed by atoms with Crippen LogP contribution in [-0.2, 0) is 10.0 Å². The number of thiophene rings is 1. The first-order valence-corrected chi connectivity index (χ1v) is 9.75. The minimum atomic E-state index is -3.35. The van der Waals surface area contributed by atoms with Crippen molar-refractivity contribution in [3.8, 4) is 0 Å². The molecule has 0 saturated carbocycles. The molecule has 0 aromatic carbocycles. The van der Waals surface area contributed by atoms with Crippen LogP contribution in [0.4, 0.5) is 5.13 Å². The molecule has 3 heterocycles. The molecule has 0 aliphatic carbocycles. The zero-order valence-electron chi connectivity index (χ0n) is 11.6. The third-order valence-electron chi connectivity index (χ3n) is 3.33. The number of hydrogen-bond donors (Lipinski definition) is 0. The van der Waals surface area contributed by atoms with Gasteiger partial charge in [0.1, 0.15) is 10.0 Å². The Morgan fingerprint density at radius 3 is 2.76 bits per heavy atom. The summed E-state index contributed by atoms with van der Waals surface area (Å²) < 4.78 is 31.3. The quantitative estimate of drug-likeness (QED) is 0.849. The minimum Gasteiger partial charge on any atom is -0.345 e. The van der Waals surface area contributed by atoms with Crippen LogP contribution in [0.3, 0.4) is 0 Å². The van der Waals surface area contributed by atoms with Crippen molar-refractivity contribution in [1.29, 1.82) is 0 Å². The van der Waals surface area contributed by atoms with Gasteiger partial charge in [-0.3, -0.25) is 0 Å². The highest BCUT2D eigenvalue weighted by Crippen LogP contribution is 2.24. The molecule has 1 aliphatic heterocycles. The maximum atomic E-state index is 12.5. The van der Waals surface area contributed by atoms with Crippen LogP contribution >= 0.6 is 22.9 Å². The number of sulfonamides is 1. The molecule has 21 heavy (non-hydrogen) atoms. The number of rotatable bonds is 3. The van der Waals surface area contributed by atoms with Gasteiger partial charge in [-0.25, -0.2) is 13.4 Å². The van der Waals surface area contributed by atoms with E-state index in [-0.39, 0.29) is 0 Å². The standard InChI is InChI=1S/C12H16N4O2S3/c1-10-13-12(20-14-10)15-5-3-6-16(8-7-15)21(17,18)11-4-2-9-19-11/h2,4,9H,3,5-8H2,1H3. The van der Waals surface area contributed by atoms with Gasteiger partial charge in [0, 0.05) is 37.7 Å². The Morgan fingerprint density at radius 2 is 2.10 bits per heavy atom. The Labute approximate surface area is 132 Å². The molecule has 114 valence electrons. The van der Waals surface area contributed by atoms with E-state index in [1.54, 1.807) is 21.8 Å². The molecular formula is C12H16N4O2S3. The van der Waals surface area contributed by atoms with Crippen LogP contribution in [0.2, 0.25) is 0 Å². The minimum absolute atomic E-state index is 0.419. The highest BCUT2D eigenvalue weighted by molar-refractivity contribution is 7.91. The van der Waals surface area contributed by atoms with Crippen molar-refractivity contribution in [2.45, 2.75) is 17.6 Å². The lowest BCUT2D eigenvalue weighted by Gasteiger charge is -2.20. The molecule has 0 radical (unpaired) electrons. The normalized spacial score (nSPS) is 17.9. The van der Waals surface area contributed by atoms with E-state index in [0.717, 1.165) is 23.9 Å². The average Bonchev–Trinajstić information content (AvgIpc) is 3.06. The maximum Gasteiger partial charge on any atom is 0.252 e. The van der Waals surface area contributed by atoms with Crippen LogP contribution in [0, 0.1) is 6.92 Å². The molecule has 0 N–H and O–H groups in total. The van der Waals surface area contributed by atoms with Crippen molar-refractivity contribution < 1.29 is 8.42 Å². The Hall–Kier alpha value is -1.03. The molecule has 0 atom stereocenters. The van der Waals surface area contributed by atoms with Crippen molar-refractivity contribution in [3.05, 3.63) is 23.3 Å².